The highest BCUT2D eigenvalue weighted by Gasteiger charge is 2.23. The average molecular weight is 183 g/mol. The Kier molecular flexibility index (Phi) is 4.79. The zero-order valence-electron chi connectivity index (χ0n) is 9.47. The van der Waals surface area contributed by atoms with Gasteiger partial charge in [-0.2, -0.15) is 0 Å². The lowest BCUT2D eigenvalue weighted by atomic mass is 9.75. The summed E-state index contributed by atoms with van der Waals surface area (Å²) in [5, 5.41) is 3.42. The smallest absolute Gasteiger partial charge is 0.00464 e. The molecular weight excluding hydrogens is 158 g/mol. The van der Waals surface area contributed by atoms with Gasteiger partial charge < -0.3 is 5.32 Å². The zero-order chi connectivity index (χ0) is 9.68. The van der Waals surface area contributed by atoms with Crippen molar-refractivity contribution in [2.45, 2.75) is 46.5 Å². The lowest BCUT2D eigenvalue weighted by molar-refractivity contribution is 0.200. The van der Waals surface area contributed by atoms with Crippen LogP contribution < -0.4 is 5.32 Å². The SMILES string of the molecule is CCNCCC1CCC(C)C(C)C1. The molecule has 0 heterocycles. The Morgan fingerprint density at radius 3 is 2.54 bits per heavy atom. The van der Waals surface area contributed by atoms with E-state index in [1.165, 1.54) is 32.2 Å². The summed E-state index contributed by atoms with van der Waals surface area (Å²) in [6, 6.07) is 0. The van der Waals surface area contributed by atoms with Crippen molar-refractivity contribution in [1.29, 1.82) is 0 Å². The number of hydrogen-bond donors (Lipinski definition) is 1. The van der Waals surface area contributed by atoms with Gasteiger partial charge in [-0.3, -0.25) is 0 Å². The molecule has 3 unspecified atom stereocenters. The van der Waals surface area contributed by atoms with Crippen molar-refractivity contribution >= 4 is 0 Å². The molecule has 1 fully saturated rings. The molecule has 1 saturated carbocycles. The molecule has 1 aliphatic carbocycles. The van der Waals surface area contributed by atoms with Crippen molar-refractivity contribution < 1.29 is 0 Å². The summed E-state index contributed by atoms with van der Waals surface area (Å²) in [4.78, 5) is 0. The Balaban J connectivity index is 2.14. The van der Waals surface area contributed by atoms with Gasteiger partial charge in [0.2, 0.25) is 0 Å². The largest absolute Gasteiger partial charge is 0.317 e. The molecule has 3 atom stereocenters. The summed E-state index contributed by atoms with van der Waals surface area (Å²) in [7, 11) is 0. The first-order valence-electron chi connectivity index (χ1n) is 5.94. The van der Waals surface area contributed by atoms with E-state index in [2.05, 4.69) is 26.1 Å². The van der Waals surface area contributed by atoms with Gasteiger partial charge in [-0.15, -0.1) is 0 Å². The van der Waals surface area contributed by atoms with Crippen molar-refractivity contribution in [3.8, 4) is 0 Å². The fraction of sp³-hybridized carbons (Fsp3) is 1.00. The maximum absolute atomic E-state index is 3.42. The molecule has 0 aromatic heterocycles. The first-order valence-corrected chi connectivity index (χ1v) is 5.94. The zero-order valence-corrected chi connectivity index (χ0v) is 9.47. The molecule has 0 amide bonds. The van der Waals surface area contributed by atoms with Crippen molar-refractivity contribution in [1.82, 2.24) is 5.32 Å². The second-order valence-corrected chi connectivity index (χ2v) is 4.78. The lowest BCUT2D eigenvalue weighted by Crippen LogP contribution is -2.24. The Morgan fingerprint density at radius 1 is 1.15 bits per heavy atom. The molecule has 1 nitrogen and oxygen atoms in total. The van der Waals surface area contributed by atoms with Gasteiger partial charge >= 0.3 is 0 Å². The summed E-state index contributed by atoms with van der Waals surface area (Å²) in [5.74, 6) is 2.93. The second kappa shape index (κ2) is 5.64. The van der Waals surface area contributed by atoms with Crippen LogP contribution in [0.4, 0.5) is 0 Å². The van der Waals surface area contributed by atoms with Gasteiger partial charge in [-0.1, -0.05) is 33.6 Å². The van der Waals surface area contributed by atoms with Crippen LogP contribution in [0.5, 0.6) is 0 Å². The van der Waals surface area contributed by atoms with E-state index in [1.807, 2.05) is 0 Å². The summed E-state index contributed by atoms with van der Waals surface area (Å²) in [6.45, 7) is 9.36. The molecule has 78 valence electrons. The molecule has 0 aromatic carbocycles. The third-order valence-electron chi connectivity index (χ3n) is 3.69. The van der Waals surface area contributed by atoms with E-state index in [-0.39, 0.29) is 0 Å². The van der Waals surface area contributed by atoms with Crippen molar-refractivity contribution in [2.75, 3.05) is 13.1 Å². The molecule has 0 spiro atoms. The number of rotatable bonds is 4. The maximum atomic E-state index is 3.42. The molecule has 0 bridgehead atoms. The molecular formula is C12H25N. The van der Waals surface area contributed by atoms with Crippen LogP contribution in [0.2, 0.25) is 0 Å². The Labute approximate surface area is 83.3 Å². The van der Waals surface area contributed by atoms with E-state index >= 15 is 0 Å². The van der Waals surface area contributed by atoms with Crippen molar-refractivity contribution in [2.24, 2.45) is 17.8 Å². The average Bonchev–Trinajstić information content (AvgIpc) is 2.12. The summed E-state index contributed by atoms with van der Waals surface area (Å²) in [6.07, 6.45) is 5.78. The van der Waals surface area contributed by atoms with Crippen LogP contribution in [0.25, 0.3) is 0 Å². The fourth-order valence-electron chi connectivity index (χ4n) is 2.40. The second-order valence-electron chi connectivity index (χ2n) is 4.78. The van der Waals surface area contributed by atoms with Gasteiger partial charge in [-0.05, 0) is 43.7 Å². The third-order valence-corrected chi connectivity index (χ3v) is 3.69. The lowest BCUT2D eigenvalue weighted by Gasteiger charge is -2.32. The van der Waals surface area contributed by atoms with E-state index in [0.717, 1.165) is 24.3 Å². The molecule has 1 N–H and O–H groups in total. The molecule has 1 heteroatoms. The summed E-state index contributed by atoms with van der Waals surface area (Å²) < 4.78 is 0. The standard InChI is InChI=1S/C12H25N/c1-4-13-8-7-12-6-5-10(2)11(3)9-12/h10-13H,4-9H2,1-3H3. The van der Waals surface area contributed by atoms with E-state index < -0.39 is 0 Å². The molecule has 13 heavy (non-hydrogen) atoms. The van der Waals surface area contributed by atoms with E-state index in [1.54, 1.807) is 0 Å². The highest BCUT2D eigenvalue weighted by molar-refractivity contribution is 4.75. The molecule has 0 saturated heterocycles. The Bertz CT molecular complexity index is 133. The highest BCUT2D eigenvalue weighted by atomic mass is 14.8. The number of nitrogens with one attached hydrogen (secondary N) is 1. The maximum Gasteiger partial charge on any atom is -0.00464 e. The monoisotopic (exact) mass is 183 g/mol. The first kappa shape index (κ1) is 11.0. The molecule has 0 aliphatic heterocycles. The normalized spacial score (nSPS) is 34.8. The predicted octanol–water partition coefficient (Wildman–Crippen LogP) is 3.06. The van der Waals surface area contributed by atoms with E-state index in [9.17, 15) is 0 Å². The molecule has 0 radical (unpaired) electrons. The topological polar surface area (TPSA) is 12.0 Å². The van der Waals surface area contributed by atoms with E-state index in [4.69, 9.17) is 0 Å². The van der Waals surface area contributed by atoms with Crippen LogP contribution in [0.15, 0.2) is 0 Å². The third kappa shape index (κ3) is 3.68. The first-order chi connectivity index (χ1) is 6.24. The van der Waals surface area contributed by atoms with Crippen LogP contribution in [-0.4, -0.2) is 13.1 Å². The Morgan fingerprint density at radius 2 is 1.92 bits per heavy atom. The van der Waals surface area contributed by atoms with Gasteiger partial charge in [0.25, 0.3) is 0 Å². The predicted molar refractivity (Wildman–Crippen MR) is 58.8 cm³/mol. The fourth-order valence-corrected chi connectivity index (χ4v) is 2.40. The minimum absolute atomic E-state index is 0.959. The molecule has 0 aromatic rings. The van der Waals surface area contributed by atoms with E-state index in [0.29, 0.717) is 0 Å². The van der Waals surface area contributed by atoms with Gasteiger partial charge in [0.05, 0.1) is 0 Å². The van der Waals surface area contributed by atoms with Crippen molar-refractivity contribution in [3.63, 3.8) is 0 Å². The summed E-state index contributed by atoms with van der Waals surface area (Å²) >= 11 is 0. The van der Waals surface area contributed by atoms with Gasteiger partial charge in [0.1, 0.15) is 0 Å². The minimum atomic E-state index is 0.959. The van der Waals surface area contributed by atoms with Gasteiger partial charge in [0, 0.05) is 0 Å². The highest BCUT2D eigenvalue weighted by Crippen LogP contribution is 2.34. The Hall–Kier alpha value is -0.0400. The molecule has 1 aliphatic rings. The van der Waals surface area contributed by atoms with Gasteiger partial charge in [-0.25, -0.2) is 0 Å². The van der Waals surface area contributed by atoms with Crippen LogP contribution in [-0.2, 0) is 0 Å². The number of hydrogen-bond acceptors (Lipinski definition) is 1. The minimum Gasteiger partial charge on any atom is -0.317 e. The van der Waals surface area contributed by atoms with Crippen LogP contribution in [0.3, 0.4) is 0 Å². The van der Waals surface area contributed by atoms with Crippen LogP contribution >= 0.6 is 0 Å². The van der Waals surface area contributed by atoms with Gasteiger partial charge in [0.15, 0.2) is 0 Å². The quantitative estimate of drug-likeness (QED) is 0.661. The summed E-state index contributed by atoms with van der Waals surface area (Å²) in [5.41, 5.74) is 0. The van der Waals surface area contributed by atoms with Crippen molar-refractivity contribution in [3.05, 3.63) is 0 Å². The van der Waals surface area contributed by atoms with Crippen LogP contribution in [0.1, 0.15) is 46.5 Å². The van der Waals surface area contributed by atoms with Crippen LogP contribution in [0, 0.1) is 17.8 Å². The molecule has 1 rings (SSSR count).